The zero-order valence-electron chi connectivity index (χ0n) is 12.7. The van der Waals surface area contributed by atoms with E-state index in [9.17, 15) is 16.8 Å². The van der Waals surface area contributed by atoms with Crippen molar-refractivity contribution < 1.29 is 16.8 Å². The molecule has 6 nitrogen and oxygen atoms in total. The molecule has 0 unspecified atom stereocenters. The molecule has 0 atom stereocenters. The van der Waals surface area contributed by atoms with Gasteiger partial charge < -0.3 is 0 Å². The molecule has 0 radical (unpaired) electrons. The van der Waals surface area contributed by atoms with Crippen LogP contribution in [0.25, 0.3) is 0 Å². The van der Waals surface area contributed by atoms with Gasteiger partial charge in [-0.25, -0.2) is 16.8 Å². The molecular formula is C14H15ClN2O4S3. The first kappa shape index (κ1) is 17.5. The average Bonchev–Trinajstić information content (AvgIpc) is 3.07. The van der Waals surface area contributed by atoms with E-state index in [4.69, 9.17) is 11.6 Å². The van der Waals surface area contributed by atoms with Crippen LogP contribution in [-0.2, 0) is 20.0 Å². The summed E-state index contributed by atoms with van der Waals surface area (Å²) >= 11 is 6.76. The SMILES string of the molecule is Cc1cc(N2CCCS2(=O)=O)ccc1NS(=O)(=O)c1ccc(Cl)s1. The number of benzene rings is 1. The molecule has 1 aliphatic heterocycles. The van der Waals surface area contributed by atoms with Crippen molar-refractivity contribution in [3.63, 3.8) is 0 Å². The van der Waals surface area contributed by atoms with Crippen molar-refractivity contribution in [2.45, 2.75) is 17.6 Å². The number of sulfonamides is 2. The summed E-state index contributed by atoms with van der Waals surface area (Å²) in [5, 5.41) is 0. The topological polar surface area (TPSA) is 83.6 Å². The van der Waals surface area contributed by atoms with Crippen molar-refractivity contribution in [1.29, 1.82) is 0 Å². The van der Waals surface area contributed by atoms with Gasteiger partial charge in [-0.3, -0.25) is 9.03 Å². The highest BCUT2D eigenvalue weighted by Gasteiger charge is 2.28. The third-order valence-corrected chi connectivity index (χ3v) is 8.61. The summed E-state index contributed by atoms with van der Waals surface area (Å²) in [5.41, 5.74) is 1.59. The number of thiophene rings is 1. The summed E-state index contributed by atoms with van der Waals surface area (Å²) in [6, 6.07) is 7.81. The number of hydrogen-bond acceptors (Lipinski definition) is 5. The Morgan fingerprint density at radius 3 is 2.54 bits per heavy atom. The Bertz CT molecular complexity index is 983. The zero-order chi connectivity index (χ0) is 17.5. The van der Waals surface area contributed by atoms with Crippen LogP contribution in [0.3, 0.4) is 0 Å². The second kappa shape index (κ2) is 6.21. The molecule has 2 heterocycles. The lowest BCUT2D eigenvalue weighted by Gasteiger charge is -2.18. The molecule has 3 rings (SSSR count). The maximum absolute atomic E-state index is 12.3. The van der Waals surface area contributed by atoms with Gasteiger partial charge in [-0.15, -0.1) is 11.3 Å². The van der Waals surface area contributed by atoms with Crippen LogP contribution < -0.4 is 9.03 Å². The van der Waals surface area contributed by atoms with E-state index >= 15 is 0 Å². The first-order chi connectivity index (χ1) is 11.2. The summed E-state index contributed by atoms with van der Waals surface area (Å²) in [6.45, 7) is 2.17. The van der Waals surface area contributed by atoms with Gasteiger partial charge in [-0.2, -0.15) is 0 Å². The number of hydrogen-bond donors (Lipinski definition) is 1. The fourth-order valence-corrected chi connectivity index (χ4v) is 6.65. The maximum Gasteiger partial charge on any atom is 0.271 e. The Morgan fingerprint density at radius 2 is 2.00 bits per heavy atom. The molecule has 1 saturated heterocycles. The van der Waals surface area contributed by atoms with Crippen molar-refractivity contribution in [3.8, 4) is 0 Å². The van der Waals surface area contributed by atoms with Crippen molar-refractivity contribution in [2.75, 3.05) is 21.3 Å². The van der Waals surface area contributed by atoms with Crippen molar-refractivity contribution in [1.82, 2.24) is 0 Å². The summed E-state index contributed by atoms with van der Waals surface area (Å²) in [4.78, 5) is 0. The summed E-state index contributed by atoms with van der Waals surface area (Å²) < 4.78 is 53.0. The lowest BCUT2D eigenvalue weighted by atomic mass is 10.2. The molecule has 1 aliphatic rings. The van der Waals surface area contributed by atoms with E-state index in [1.165, 1.54) is 16.4 Å². The highest BCUT2D eigenvalue weighted by Crippen LogP contribution is 2.31. The van der Waals surface area contributed by atoms with E-state index in [2.05, 4.69) is 4.72 Å². The summed E-state index contributed by atoms with van der Waals surface area (Å²) in [6.07, 6.45) is 0.592. The fourth-order valence-electron chi connectivity index (χ4n) is 2.48. The van der Waals surface area contributed by atoms with Crippen LogP contribution in [0.5, 0.6) is 0 Å². The molecule has 10 heteroatoms. The van der Waals surface area contributed by atoms with Gasteiger partial charge in [0, 0.05) is 6.54 Å². The minimum atomic E-state index is -3.72. The number of halogens is 1. The number of nitrogens with zero attached hydrogens (tertiary/aromatic N) is 1. The van der Waals surface area contributed by atoms with Crippen LogP contribution in [0.1, 0.15) is 12.0 Å². The van der Waals surface area contributed by atoms with Gasteiger partial charge in [0.25, 0.3) is 10.0 Å². The van der Waals surface area contributed by atoms with E-state index < -0.39 is 20.0 Å². The monoisotopic (exact) mass is 406 g/mol. The number of anilines is 2. The zero-order valence-corrected chi connectivity index (χ0v) is 15.9. The smallest absolute Gasteiger partial charge is 0.271 e. The van der Waals surface area contributed by atoms with Gasteiger partial charge in [-0.05, 0) is 49.2 Å². The summed E-state index contributed by atoms with van der Waals surface area (Å²) in [5.74, 6) is 0.138. The van der Waals surface area contributed by atoms with Gasteiger partial charge in [0.15, 0.2) is 0 Å². The highest BCUT2D eigenvalue weighted by atomic mass is 35.5. The molecule has 1 aromatic heterocycles. The lowest BCUT2D eigenvalue weighted by Crippen LogP contribution is -2.25. The largest absolute Gasteiger partial charge is 0.279 e. The van der Waals surface area contributed by atoms with Crippen molar-refractivity contribution in [2.24, 2.45) is 0 Å². The van der Waals surface area contributed by atoms with E-state index in [-0.39, 0.29) is 9.96 Å². The third kappa shape index (κ3) is 3.39. The molecule has 0 saturated carbocycles. The molecule has 2 aromatic rings. The molecular weight excluding hydrogens is 392 g/mol. The lowest BCUT2D eigenvalue weighted by molar-refractivity contribution is 0.598. The second-order valence-electron chi connectivity index (χ2n) is 5.40. The Balaban J connectivity index is 1.88. The molecule has 1 fully saturated rings. The Morgan fingerprint density at radius 1 is 1.25 bits per heavy atom. The van der Waals surface area contributed by atoms with Crippen LogP contribution in [0, 0.1) is 6.92 Å². The van der Waals surface area contributed by atoms with Crippen LogP contribution in [0.2, 0.25) is 4.34 Å². The Kier molecular flexibility index (Phi) is 4.54. The first-order valence-electron chi connectivity index (χ1n) is 7.08. The molecule has 0 spiro atoms. The van der Waals surface area contributed by atoms with E-state index in [0.717, 1.165) is 11.3 Å². The van der Waals surface area contributed by atoms with Gasteiger partial charge in [0.1, 0.15) is 4.21 Å². The molecule has 0 aliphatic carbocycles. The van der Waals surface area contributed by atoms with Crippen molar-refractivity contribution >= 4 is 54.4 Å². The number of nitrogens with one attached hydrogen (secondary N) is 1. The average molecular weight is 407 g/mol. The highest BCUT2D eigenvalue weighted by molar-refractivity contribution is 7.94. The maximum atomic E-state index is 12.3. The molecule has 0 bridgehead atoms. The molecule has 24 heavy (non-hydrogen) atoms. The van der Waals surface area contributed by atoms with Crippen LogP contribution >= 0.6 is 22.9 Å². The van der Waals surface area contributed by atoms with Gasteiger partial charge in [0.05, 0.1) is 21.5 Å². The molecule has 1 N–H and O–H groups in total. The van der Waals surface area contributed by atoms with E-state index in [1.54, 1.807) is 25.1 Å². The quantitative estimate of drug-likeness (QED) is 0.845. The Hall–Kier alpha value is -1.29. The summed E-state index contributed by atoms with van der Waals surface area (Å²) in [7, 11) is -6.98. The first-order valence-corrected chi connectivity index (χ1v) is 11.4. The van der Waals surface area contributed by atoms with E-state index in [0.29, 0.717) is 34.2 Å². The van der Waals surface area contributed by atoms with Crippen LogP contribution in [-0.4, -0.2) is 29.1 Å². The normalized spacial score (nSPS) is 17.2. The van der Waals surface area contributed by atoms with Crippen LogP contribution in [0.4, 0.5) is 11.4 Å². The van der Waals surface area contributed by atoms with Gasteiger partial charge >= 0.3 is 0 Å². The van der Waals surface area contributed by atoms with Gasteiger partial charge in [-0.1, -0.05) is 11.6 Å². The minimum absolute atomic E-state index is 0.123. The molecule has 1 aromatic carbocycles. The number of rotatable bonds is 4. The Labute approximate surface area is 150 Å². The fraction of sp³-hybridized carbons (Fsp3) is 0.286. The van der Waals surface area contributed by atoms with Crippen molar-refractivity contribution in [3.05, 3.63) is 40.2 Å². The van der Waals surface area contributed by atoms with E-state index in [1.807, 2.05) is 0 Å². The number of aryl methyl sites for hydroxylation is 1. The standard InChI is InChI=1S/C14H15ClN2O4S3/c1-10-9-11(17-7-2-8-23(17,18)19)3-4-12(10)16-24(20,21)14-6-5-13(15)22-14/h3-6,9,16H,2,7-8H2,1H3. The molecule has 0 amide bonds. The third-order valence-electron chi connectivity index (χ3n) is 3.65. The second-order valence-corrected chi connectivity index (χ2v) is 11.0. The van der Waals surface area contributed by atoms with Gasteiger partial charge in [0.2, 0.25) is 10.0 Å². The predicted octanol–water partition coefficient (Wildman–Crippen LogP) is 3.05. The minimum Gasteiger partial charge on any atom is -0.279 e. The molecule has 130 valence electrons. The predicted molar refractivity (Wildman–Crippen MR) is 97.1 cm³/mol. The van der Waals surface area contributed by atoms with Crippen LogP contribution in [0.15, 0.2) is 34.5 Å².